The fourth-order valence-corrected chi connectivity index (χ4v) is 3.73. The van der Waals surface area contributed by atoms with Crippen molar-refractivity contribution >= 4 is 11.3 Å². The first-order valence-corrected chi connectivity index (χ1v) is 7.22. The number of hydrogen-bond acceptors (Lipinski definition) is 4. The third kappa shape index (κ3) is 2.31. The monoisotopic (exact) mass is 259 g/mol. The second-order valence-corrected chi connectivity index (χ2v) is 5.88. The zero-order valence-corrected chi connectivity index (χ0v) is 11.3. The van der Waals surface area contributed by atoms with Crippen LogP contribution >= 0.6 is 11.3 Å². The topological polar surface area (TPSA) is 37.8 Å². The standard InChI is InChI=1S/C14H17N3S/c1-15-8-10-4-5-12-13(7-10)18-14(17-12)11-3-2-6-16-9-11/h2-3,6,9-10,15H,4-5,7-8H2,1H3. The number of pyridine rings is 1. The van der Waals surface area contributed by atoms with Crippen LogP contribution in [0.25, 0.3) is 10.6 Å². The summed E-state index contributed by atoms with van der Waals surface area (Å²) >= 11 is 1.84. The van der Waals surface area contributed by atoms with E-state index in [1.807, 2.05) is 30.6 Å². The second-order valence-electron chi connectivity index (χ2n) is 4.80. The van der Waals surface area contributed by atoms with Crippen molar-refractivity contribution < 1.29 is 0 Å². The van der Waals surface area contributed by atoms with Crippen LogP contribution in [-0.4, -0.2) is 23.6 Å². The van der Waals surface area contributed by atoms with Crippen molar-refractivity contribution in [2.24, 2.45) is 5.92 Å². The molecule has 0 bridgehead atoms. The van der Waals surface area contributed by atoms with Gasteiger partial charge in [0, 0.05) is 22.8 Å². The highest BCUT2D eigenvalue weighted by atomic mass is 32.1. The van der Waals surface area contributed by atoms with Gasteiger partial charge in [0.05, 0.1) is 5.69 Å². The maximum Gasteiger partial charge on any atom is 0.125 e. The Morgan fingerprint density at radius 1 is 1.50 bits per heavy atom. The van der Waals surface area contributed by atoms with Crippen LogP contribution in [0.4, 0.5) is 0 Å². The Bertz CT molecular complexity index is 521. The number of nitrogens with zero attached hydrogens (tertiary/aromatic N) is 2. The predicted molar refractivity (Wildman–Crippen MR) is 74.8 cm³/mol. The quantitative estimate of drug-likeness (QED) is 0.920. The van der Waals surface area contributed by atoms with Gasteiger partial charge in [-0.25, -0.2) is 4.98 Å². The van der Waals surface area contributed by atoms with Crippen molar-refractivity contribution in [2.75, 3.05) is 13.6 Å². The number of thiazole rings is 1. The fraction of sp³-hybridized carbons (Fsp3) is 0.429. The third-order valence-electron chi connectivity index (χ3n) is 3.44. The van der Waals surface area contributed by atoms with Crippen LogP contribution in [0.5, 0.6) is 0 Å². The normalized spacial score (nSPS) is 18.6. The van der Waals surface area contributed by atoms with E-state index in [9.17, 15) is 0 Å². The van der Waals surface area contributed by atoms with Gasteiger partial charge in [-0.15, -0.1) is 11.3 Å². The molecule has 4 heteroatoms. The molecule has 0 saturated heterocycles. The van der Waals surface area contributed by atoms with E-state index in [0.29, 0.717) is 0 Å². The van der Waals surface area contributed by atoms with Crippen LogP contribution in [0.3, 0.4) is 0 Å². The molecule has 0 saturated carbocycles. The molecule has 1 aliphatic carbocycles. The zero-order chi connectivity index (χ0) is 12.4. The minimum atomic E-state index is 0.768. The van der Waals surface area contributed by atoms with Crippen molar-refractivity contribution in [1.29, 1.82) is 0 Å². The van der Waals surface area contributed by atoms with Gasteiger partial charge in [-0.05, 0) is 50.9 Å². The molecule has 1 unspecified atom stereocenters. The van der Waals surface area contributed by atoms with Gasteiger partial charge in [-0.3, -0.25) is 4.98 Å². The molecule has 1 aliphatic rings. The number of nitrogens with one attached hydrogen (secondary N) is 1. The van der Waals surface area contributed by atoms with Gasteiger partial charge in [0.1, 0.15) is 5.01 Å². The average Bonchev–Trinajstić information content (AvgIpc) is 2.83. The van der Waals surface area contributed by atoms with Gasteiger partial charge < -0.3 is 5.32 Å². The molecular formula is C14H17N3S. The maximum atomic E-state index is 4.77. The number of rotatable bonds is 3. The van der Waals surface area contributed by atoms with Crippen LogP contribution in [0, 0.1) is 5.92 Å². The Balaban J connectivity index is 1.85. The molecule has 2 heterocycles. The number of hydrogen-bond donors (Lipinski definition) is 1. The predicted octanol–water partition coefficient (Wildman–Crippen LogP) is 2.53. The van der Waals surface area contributed by atoms with Gasteiger partial charge in [-0.2, -0.15) is 0 Å². The van der Waals surface area contributed by atoms with Crippen LogP contribution in [-0.2, 0) is 12.8 Å². The van der Waals surface area contributed by atoms with Crippen LogP contribution in [0.1, 0.15) is 17.0 Å². The van der Waals surface area contributed by atoms with E-state index in [4.69, 9.17) is 4.98 Å². The largest absolute Gasteiger partial charge is 0.319 e. The second kappa shape index (κ2) is 5.16. The summed E-state index contributed by atoms with van der Waals surface area (Å²) in [6.07, 6.45) is 7.26. The Labute approximate surface area is 111 Å². The van der Waals surface area contributed by atoms with E-state index < -0.39 is 0 Å². The molecule has 0 spiro atoms. The molecule has 1 atom stereocenters. The summed E-state index contributed by atoms with van der Waals surface area (Å²) in [5.74, 6) is 0.768. The molecule has 2 aromatic rings. The minimum absolute atomic E-state index is 0.768. The number of fused-ring (bicyclic) bond motifs is 1. The van der Waals surface area contributed by atoms with Crippen molar-refractivity contribution in [3.63, 3.8) is 0 Å². The lowest BCUT2D eigenvalue weighted by Gasteiger charge is -2.20. The van der Waals surface area contributed by atoms with Crippen LogP contribution in [0.2, 0.25) is 0 Å². The van der Waals surface area contributed by atoms with Gasteiger partial charge in [0.25, 0.3) is 0 Å². The molecule has 18 heavy (non-hydrogen) atoms. The van der Waals surface area contributed by atoms with Crippen molar-refractivity contribution in [3.8, 4) is 10.6 Å². The summed E-state index contributed by atoms with van der Waals surface area (Å²) in [7, 11) is 2.03. The maximum absolute atomic E-state index is 4.77. The minimum Gasteiger partial charge on any atom is -0.319 e. The average molecular weight is 259 g/mol. The molecular weight excluding hydrogens is 242 g/mol. The Hall–Kier alpha value is -1.26. The van der Waals surface area contributed by atoms with Gasteiger partial charge in [0.15, 0.2) is 0 Å². The Morgan fingerprint density at radius 2 is 2.44 bits per heavy atom. The van der Waals surface area contributed by atoms with E-state index in [1.165, 1.54) is 23.4 Å². The lowest BCUT2D eigenvalue weighted by molar-refractivity contribution is 0.441. The molecule has 0 amide bonds. The third-order valence-corrected chi connectivity index (χ3v) is 4.61. The van der Waals surface area contributed by atoms with E-state index in [-0.39, 0.29) is 0 Å². The van der Waals surface area contributed by atoms with E-state index >= 15 is 0 Å². The first kappa shape index (κ1) is 11.8. The molecule has 0 aromatic carbocycles. The van der Waals surface area contributed by atoms with Crippen molar-refractivity contribution in [2.45, 2.75) is 19.3 Å². The molecule has 0 aliphatic heterocycles. The zero-order valence-electron chi connectivity index (χ0n) is 10.5. The molecule has 94 valence electrons. The molecule has 1 N–H and O–H groups in total. The summed E-state index contributed by atoms with van der Waals surface area (Å²) in [6, 6.07) is 4.06. The first-order valence-electron chi connectivity index (χ1n) is 6.40. The van der Waals surface area contributed by atoms with Crippen LogP contribution < -0.4 is 5.32 Å². The summed E-state index contributed by atoms with van der Waals surface area (Å²) in [4.78, 5) is 10.4. The van der Waals surface area contributed by atoms with E-state index in [1.54, 1.807) is 6.20 Å². The summed E-state index contributed by atoms with van der Waals surface area (Å²) in [5.41, 5.74) is 2.45. The van der Waals surface area contributed by atoms with Gasteiger partial charge >= 0.3 is 0 Å². The lowest BCUT2D eigenvalue weighted by Crippen LogP contribution is -2.24. The first-order chi connectivity index (χ1) is 8.86. The molecule has 0 fully saturated rings. The molecule has 3 nitrogen and oxygen atoms in total. The number of aromatic nitrogens is 2. The Kier molecular flexibility index (Phi) is 3.39. The van der Waals surface area contributed by atoms with Crippen molar-refractivity contribution in [3.05, 3.63) is 35.1 Å². The Morgan fingerprint density at radius 3 is 3.22 bits per heavy atom. The van der Waals surface area contributed by atoms with Crippen molar-refractivity contribution in [1.82, 2.24) is 15.3 Å². The lowest BCUT2D eigenvalue weighted by atomic mass is 9.91. The summed E-state index contributed by atoms with van der Waals surface area (Å²) < 4.78 is 0. The fourth-order valence-electron chi connectivity index (χ4n) is 2.52. The SMILES string of the molecule is CNCC1CCc2nc(-c3cccnc3)sc2C1. The summed E-state index contributed by atoms with van der Waals surface area (Å²) in [6.45, 7) is 1.11. The van der Waals surface area contributed by atoms with E-state index in [2.05, 4.69) is 16.4 Å². The van der Waals surface area contributed by atoms with Crippen LogP contribution in [0.15, 0.2) is 24.5 Å². The molecule has 0 radical (unpaired) electrons. The highest BCUT2D eigenvalue weighted by Crippen LogP contribution is 2.34. The van der Waals surface area contributed by atoms with E-state index in [0.717, 1.165) is 29.5 Å². The number of aryl methyl sites for hydroxylation is 1. The van der Waals surface area contributed by atoms with Gasteiger partial charge in [0.2, 0.25) is 0 Å². The highest BCUT2D eigenvalue weighted by Gasteiger charge is 2.22. The van der Waals surface area contributed by atoms with Gasteiger partial charge in [-0.1, -0.05) is 0 Å². The summed E-state index contributed by atoms with van der Waals surface area (Å²) in [5, 5.41) is 4.40. The highest BCUT2D eigenvalue weighted by molar-refractivity contribution is 7.15. The smallest absolute Gasteiger partial charge is 0.125 e. The molecule has 3 rings (SSSR count). The molecule has 2 aromatic heterocycles.